The van der Waals surface area contributed by atoms with E-state index in [1.54, 1.807) is 11.3 Å². The summed E-state index contributed by atoms with van der Waals surface area (Å²) in [5, 5.41) is 6.17. The number of benzene rings is 9. The molecule has 11 rings (SSSR count). The molecular weight excluding hydrogens is 729 g/mol. The van der Waals surface area contributed by atoms with Crippen LogP contribution < -0.4 is 4.90 Å². The summed E-state index contributed by atoms with van der Waals surface area (Å²) in [6.07, 6.45) is 0. The normalized spacial score (nSPS) is 11.5. The molecule has 0 aliphatic heterocycles. The monoisotopic (exact) mass is 762 g/mol. The highest BCUT2D eigenvalue weighted by atomic mass is 32.1. The Bertz CT molecular complexity index is 3200. The first-order valence-corrected chi connectivity index (χ1v) is 20.8. The summed E-state index contributed by atoms with van der Waals surface area (Å²) in [4.78, 5) is 7.35. The highest BCUT2D eigenvalue weighted by Crippen LogP contribution is 2.42. The Labute approximate surface area is 339 Å². The molecule has 0 saturated carbocycles. The maximum Gasteiger partial charge on any atom is 0.124 e. The molecule has 0 unspecified atom stereocenters. The number of anilines is 3. The molecule has 2 nitrogen and oxygen atoms in total. The Morgan fingerprint density at radius 2 is 0.807 bits per heavy atom. The number of rotatable bonds is 7. The largest absolute Gasteiger partial charge is 0.311 e. The van der Waals surface area contributed by atoms with Crippen molar-refractivity contribution in [3.8, 4) is 44.0 Å². The average Bonchev–Trinajstić information content (AvgIpc) is 3.87. The number of fused-ring (bicyclic) bond motifs is 5. The summed E-state index contributed by atoms with van der Waals surface area (Å²) >= 11 is 3.62. The minimum Gasteiger partial charge on any atom is -0.311 e. The predicted molar refractivity (Wildman–Crippen MR) is 246 cm³/mol. The summed E-state index contributed by atoms with van der Waals surface area (Å²) in [5.41, 5.74) is 12.8. The van der Waals surface area contributed by atoms with E-state index in [4.69, 9.17) is 4.98 Å². The highest BCUT2D eigenvalue weighted by Gasteiger charge is 2.16. The molecule has 4 heteroatoms. The average molecular weight is 763 g/mol. The summed E-state index contributed by atoms with van der Waals surface area (Å²) < 4.78 is 3.79. The van der Waals surface area contributed by atoms with Gasteiger partial charge in [0.1, 0.15) is 5.01 Å². The molecule has 2 heterocycles. The summed E-state index contributed by atoms with van der Waals surface area (Å²) in [6, 6.07) is 74.6. The SMILES string of the molecule is c1ccc(-c2ccc(N(c3ccc(-c4ccc5ccccc5c4)cc3)c3ccc(-c4ccc5c(c4)sc4cc6nc(-c7ccccc7)sc6cc45)cc3)cc2)cc1. The Morgan fingerprint density at radius 3 is 1.46 bits per heavy atom. The third-order valence-corrected chi connectivity index (χ3v) is 13.1. The van der Waals surface area contributed by atoms with Crippen molar-refractivity contribution in [1.29, 1.82) is 0 Å². The van der Waals surface area contributed by atoms with E-state index >= 15 is 0 Å². The number of hydrogen-bond acceptors (Lipinski definition) is 4. The maximum atomic E-state index is 5.00. The quantitative estimate of drug-likeness (QED) is 0.161. The number of thiazole rings is 1. The van der Waals surface area contributed by atoms with Crippen molar-refractivity contribution in [3.63, 3.8) is 0 Å². The van der Waals surface area contributed by atoms with E-state index in [2.05, 4.69) is 211 Å². The zero-order valence-electron chi connectivity index (χ0n) is 30.8. The van der Waals surface area contributed by atoms with Gasteiger partial charge in [0.05, 0.1) is 10.2 Å². The van der Waals surface area contributed by atoms with E-state index in [1.165, 1.54) is 74.6 Å². The molecule has 57 heavy (non-hydrogen) atoms. The summed E-state index contributed by atoms with van der Waals surface area (Å²) in [6.45, 7) is 0. The number of aromatic nitrogens is 1. The van der Waals surface area contributed by atoms with Crippen LogP contribution in [0, 0.1) is 0 Å². The molecule has 0 atom stereocenters. The summed E-state index contributed by atoms with van der Waals surface area (Å²) in [7, 11) is 0. The van der Waals surface area contributed by atoms with Crippen LogP contribution in [-0.4, -0.2) is 4.98 Å². The highest BCUT2D eigenvalue weighted by molar-refractivity contribution is 7.26. The van der Waals surface area contributed by atoms with Crippen LogP contribution in [0.2, 0.25) is 0 Å². The second-order valence-electron chi connectivity index (χ2n) is 14.4. The topological polar surface area (TPSA) is 16.1 Å². The van der Waals surface area contributed by atoms with Gasteiger partial charge in [-0.15, -0.1) is 22.7 Å². The standard InChI is InChI=1S/C53H34N2S2/c1-3-9-35(10-4-1)37-17-24-44(25-18-37)55(45-26-19-38(20-27-45)42-16-15-36-11-7-8-14-41(36)31-42)46-28-21-39(22-29-46)43-23-30-47-48-33-52-49(34-51(48)56-50(47)32-43)54-53(57-52)40-12-5-2-6-13-40/h1-34H. The van der Waals surface area contributed by atoms with Gasteiger partial charge in [0.15, 0.2) is 0 Å². The van der Waals surface area contributed by atoms with Crippen molar-refractivity contribution in [1.82, 2.24) is 4.98 Å². The van der Waals surface area contributed by atoms with Gasteiger partial charge in [0.25, 0.3) is 0 Å². The van der Waals surface area contributed by atoms with Crippen LogP contribution in [0.5, 0.6) is 0 Å². The smallest absolute Gasteiger partial charge is 0.124 e. The molecule has 2 aromatic heterocycles. The van der Waals surface area contributed by atoms with Crippen molar-refractivity contribution >= 4 is 80.9 Å². The van der Waals surface area contributed by atoms with E-state index < -0.39 is 0 Å². The van der Waals surface area contributed by atoms with Crippen LogP contribution in [0.15, 0.2) is 206 Å². The van der Waals surface area contributed by atoms with Gasteiger partial charge in [-0.25, -0.2) is 4.98 Å². The Morgan fingerprint density at radius 1 is 0.316 bits per heavy atom. The van der Waals surface area contributed by atoms with Gasteiger partial charge in [-0.1, -0.05) is 146 Å². The molecule has 0 aliphatic carbocycles. The Kier molecular flexibility index (Phi) is 8.24. The summed E-state index contributed by atoms with van der Waals surface area (Å²) in [5.74, 6) is 0. The fourth-order valence-electron chi connectivity index (χ4n) is 7.94. The molecular formula is C53H34N2S2. The van der Waals surface area contributed by atoms with E-state index in [-0.39, 0.29) is 0 Å². The molecule has 0 bridgehead atoms. The zero-order valence-corrected chi connectivity index (χ0v) is 32.5. The minimum absolute atomic E-state index is 1.07. The van der Waals surface area contributed by atoms with Crippen molar-refractivity contribution in [2.75, 3.05) is 4.90 Å². The van der Waals surface area contributed by atoms with E-state index in [1.807, 2.05) is 11.3 Å². The van der Waals surface area contributed by atoms with Crippen LogP contribution in [0.25, 0.3) is 85.1 Å². The van der Waals surface area contributed by atoms with Crippen LogP contribution >= 0.6 is 22.7 Å². The van der Waals surface area contributed by atoms with E-state index in [0.717, 1.165) is 27.6 Å². The van der Waals surface area contributed by atoms with Crippen LogP contribution in [0.4, 0.5) is 17.1 Å². The third-order valence-electron chi connectivity index (χ3n) is 10.9. The van der Waals surface area contributed by atoms with Gasteiger partial charge in [0, 0.05) is 42.8 Å². The fraction of sp³-hybridized carbons (Fsp3) is 0. The van der Waals surface area contributed by atoms with Gasteiger partial charge in [0.2, 0.25) is 0 Å². The minimum atomic E-state index is 1.07. The Hall–Kier alpha value is -6.85. The van der Waals surface area contributed by atoms with Crippen molar-refractivity contribution in [2.24, 2.45) is 0 Å². The molecule has 9 aromatic carbocycles. The van der Waals surface area contributed by atoms with E-state index in [0.29, 0.717) is 0 Å². The van der Waals surface area contributed by atoms with Gasteiger partial charge in [-0.3, -0.25) is 0 Å². The first-order chi connectivity index (χ1) is 28.2. The molecule has 0 spiro atoms. The molecule has 0 fully saturated rings. The molecule has 0 radical (unpaired) electrons. The van der Waals surface area contributed by atoms with Crippen LogP contribution in [-0.2, 0) is 0 Å². The number of hydrogen-bond donors (Lipinski definition) is 0. The lowest BCUT2D eigenvalue weighted by molar-refractivity contribution is 1.28. The van der Waals surface area contributed by atoms with Gasteiger partial charge in [-0.2, -0.15) is 0 Å². The van der Waals surface area contributed by atoms with Crippen LogP contribution in [0.1, 0.15) is 0 Å². The zero-order chi connectivity index (χ0) is 37.7. The molecule has 268 valence electrons. The first-order valence-electron chi connectivity index (χ1n) is 19.2. The molecule has 0 saturated heterocycles. The Balaban J connectivity index is 0.929. The van der Waals surface area contributed by atoms with Gasteiger partial charge in [-0.05, 0) is 105 Å². The third kappa shape index (κ3) is 6.26. The lowest BCUT2D eigenvalue weighted by Gasteiger charge is -2.26. The first kappa shape index (κ1) is 33.5. The molecule has 11 aromatic rings. The second-order valence-corrected chi connectivity index (χ2v) is 16.5. The van der Waals surface area contributed by atoms with Crippen LogP contribution in [0.3, 0.4) is 0 Å². The van der Waals surface area contributed by atoms with Crippen molar-refractivity contribution < 1.29 is 0 Å². The number of nitrogens with zero attached hydrogens (tertiary/aromatic N) is 2. The van der Waals surface area contributed by atoms with Gasteiger partial charge >= 0.3 is 0 Å². The molecule has 0 N–H and O–H groups in total. The van der Waals surface area contributed by atoms with Gasteiger partial charge < -0.3 is 4.90 Å². The molecule has 0 amide bonds. The lowest BCUT2D eigenvalue weighted by atomic mass is 10.0. The van der Waals surface area contributed by atoms with E-state index in [9.17, 15) is 0 Å². The fourth-order valence-corrected chi connectivity index (χ4v) is 10.1. The lowest BCUT2D eigenvalue weighted by Crippen LogP contribution is -2.09. The second kappa shape index (κ2) is 14.0. The molecule has 0 aliphatic rings. The van der Waals surface area contributed by atoms with Crippen molar-refractivity contribution in [2.45, 2.75) is 0 Å². The van der Waals surface area contributed by atoms with Crippen molar-refractivity contribution in [3.05, 3.63) is 206 Å². The maximum absolute atomic E-state index is 5.00. The predicted octanol–water partition coefficient (Wildman–Crippen LogP) is 16.0. The number of thiophene rings is 1.